The van der Waals surface area contributed by atoms with Crippen molar-refractivity contribution in [2.45, 2.75) is 26.2 Å². The third-order valence-corrected chi connectivity index (χ3v) is 3.85. The minimum absolute atomic E-state index is 0.171. The van der Waals surface area contributed by atoms with Gasteiger partial charge in [-0.3, -0.25) is 4.79 Å². The second-order valence-electron chi connectivity index (χ2n) is 5.41. The number of ketones is 1. The number of ether oxygens (including phenoxy) is 1. The summed E-state index contributed by atoms with van der Waals surface area (Å²) in [5.74, 6) is -0.0364. The molecule has 1 aliphatic rings. The Labute approximate surface area is 113 Å². The molecule has 1 aliphatic heterocycles. The number of nitrogens with one attached hydrogen (secondary N) is 1. The summed E-state index contributed by atoms with van der Waals surface area (Å²) >= 11 is 0. The zero-order valence-corrected chi connectivity index (χ0v) is 11.5. The number of benzene rings is 1. The van der Waals surface area contributed by atoms with Gasteiger partial charge in [-0.2, -0.15) is 0 Å². The topological polar surface area (TPSA) is 38.3 Å². The summed E-state index contributed by atoms with van der Waals surface area (Å²) < 4.78 is 18.5. The van der Waals surface area contributed by atoms with E-state index in [0.29, 0.717) is 12.1 Å². The maximum Gasteiger partial charge on any atom is 0.165 e. The Morgan fingerprint density at radius 1 is 1.53 bits per heavy atom. The lowest BCUT2D eigenvalue weighted by molar-refractivity contribution is -0.128. The lowest BCUT2D eigenvalue weighted by Gasteiger charge is -2.32. The smallest absolute Gasteiger partial charge is 0.165 e. The first-order valence-corrected chi connectivity index (χ1v) is 6.61. The Balaban J connectivity index is 2.08. The highest BCUT2D eigenvalue weighted by Crippen LogP contribution is 2.28. The highest BCUT2D eigenvalue weighted by atomic mass is 19.1. The van der Waals surface area contributed by atoms with Crippen molar-refractivity contribution in [3.05, 3.63) is 29.6 Å². The van der Waals surface area contributed by atoms with Crippen LogP contribution in [0.25, 0.3) is 0 Å². The van der Waals surface area contributed by atoms with Crippen molar-refractivity contribution in [2.75, 3.05) is 20.2 Å². The third kappa shape index (κ3) is 3.13. The molecule has 1 aromatic carbocycles. The molecule has 19 heavy (non-hydrogen) atoms. The van der Waals surface area contributed by atoms with Crippen LogP contribution in [-0.2, 0) is 11.2 Å². The first-order chi connectivity index (χ1) is 9.05. The largest absolute Gasteiger partial charge is 0.494 e. The summed E-state index contributed by atoms with van der Waals surface area (Å²) in [6.07, 6.45) is 2.19. The predicted octanol–water partition coefficient (Wildman–Crippen LogP) is 2.34. The van der Waals surface area contributed by atoms with Crippen molar-refractivity contribution in [1.82, 2.24) is 5.32 Å². The molecule has 2 rings (SSSR count). The molecule has 1 fully saturated rings. The van der Waals surface area contributed by atoms with E-state index in [-0.39, 0.29) is 23.4 Å². The Bertz CT molecular complexity index is 467. The van der Waals surface area contributed by atoms with E-state index in [1.165, 1.54) is 13.2 Å². The van der Waals surface area contributed by atoms with Gasteiger partial charge in [-0.05, 0) is 37.1 Å². The van der Waals surface area contributed by atoms with Gasteiger partial charge >= 0.3 is 0 Å². The molecule has 0 saturated carbocycles. The number of hydrogen-bond donors (Lipinski definition) is 1. The summed E-state index contributed by atoms with van der Waals surface area (Å²) in [5.41, 5.74) is 0.379. The van der Waals surface area contributed by atoms with Gasteiger partial charge in [-0.25, -0.2) is 4.39 Å². The van der Waals surface area contributed by atoms with E-state index in [2.05, 4.69) is 5.32 Å². The zero-order valence-electron chi connectivity index (χ0n) is 11.5. The number of hydrogen-bond acceptors (Lipinski definition) is 3. The van der Waals surface area contributed by atoms with Gasteiger partial charge in [-0.1, -0.05) is 13.0 Å². The van der Waals surface area contributed by atoms with Gasteiger partial charge < -0.3 is 10.1 Å². The summed E-state index contributed by atoms with van der Waals surface area (Å²) in [6, 6.07) is 4.70. The van der Waals surface area contributed by atoms with E-state index in [0.717, 1.165) is 19.4 Å². The monoisotopic (exact) mass is 265 g/mol. The van der Waals surface area contributed by atoms with Gasteiger partial charge in [0, 0.05) is 18.4 Å². The highest BCUT2D eigenvalue weighted by molar-refractivity contribution is 5.86. The van der Waals surface area contributed by atoms with Crippen molar-refractivity contribution in [2.24, 2.45) is 5.41 Å². The molecule has 0 aromatic heterocycles. The Morgan fingerprint density at radius 3 is 2.89 bits per heavy atom. The van der Waals surface area contributed by atoms with Crippen molar-refractivity contribution >= 4 is 5.78 Å². The van der Waals surface area contributed by atoms with Crippen LogP contribution in [0, 0.1) is 11.2 Å². The number of piperidine rings is 1. The van der Waals surface area contributed by atoms with Crippen LogP contribution in [0.15, 0.2) is 18.2 Å². The number of halogens is 1. The van der Waals surface area contributed by atoms with Crippen molar-refractivity contribution in [3.63, 3.8) is 0 Å². The van der Waals surface area contributed by atoms with Crippen LogP contribution < -0.4 is 10.1 Å². The average molecular weight is 265 g/mol. The van der Waals surface area contributed by atoms with Crippen LogP contribution >= 0.6 is 0 Å². The maximum absolute atomic E-state index is 13.6. The first kappa shape index (κ1) is 14.0. The third-order valence-electron chi connectivity index (χ3n) is 3.85. The molecule has 0 aliphatic carbocycles. The quantitative estimate of drug-likeness (QED) is 0.908. The number of rotatable bonds is 4. The SMILES string of the molecule is COc1ccc(CC(=O)C2(C)CCCNC2)cc1F. The first-order valence-electron chi connectivity index (χ1n) is 6.61. The fourth-order valence-electron chi connectivity index (χ4n) is 2.51. The molecule has 0 bridgehead atoms. The van der Waals surface area contributed by atoms with Gasteiger partial charge in [0.25, 0.3) is 0 Å². The van der Waals surface area contributed by atoms with Gasteiger partial charge in [0.05, 0.1) is 7.11 Å². The molecule has 1 unspecified atom stereocenters. The normalized spacial score (nSPS) is 23.1. The molecule has 1 N–H and O–H groups in total. The Morgan fingerprint density at radius 2 is 2.32 bits per heavy atom. The van der Waals surface area contributed by atoms with Crippen molar-refractivity contribution in [3.8, 4) is 5.75 Å². The predicted molar refractivity (Wildman–Crippen MR) is 71.9 cm³/mol. The molecular formula is C15H20FNO2. The van der Waals surface area contributed by atoms with E-state index in [1.54, 1.807) is 12.1 Å². The fraction of sp³-hybridized carbons (Fsp3) is 0.533. The van der Waals surface area contributed by atoms with Crippen LogP contribution in [0.5, 0.6) is 5.75 Å². The number of Topliss-reactive ketones (excluding diaryl/α,β-unsaturated/α-hetero) is 1. The van der Waals surface area contributed by atoms with Gasteiger partial charge in [0.2, 0.25) is 0 Å². The van der Waals surface area contributed by atoms with Gasteiger partial charge in [-0.15, -0.1) is 0 Å². The number of carbonyl (C=O) groups is 1. The summed E-state index contributed by atoms with van der Waals surface area (Å²) in [6.45, 7) is 3.67. The molecule has 104 valence electrons. The molecule has 1 aromatic rings. The maximum atomic E-state index is 13.6. The molecular weight excluding hydrogens is 245 g/mol. The zero-order chi connectivity index (χ0) is 13.9. The average Bonchev–Trinajstić information content (AvgIpc) is 2.40. The Hall–Kier alpha value is -1.42. The highest BCUT2D eigenvalue weighted by Gasteiger charge is 2.34. The molecule has 0 spiro atoms. The molecule has 3 nitrogen and oxygen atoms in total. The minimum atomic E-state index is -0.417. The molecule has 1 atom stereocenters. The molecule has 4 heteroatoms. The van der Waals surface area contributed by atoms with Crippen LogP contribution in [0.4, 0.5) is 4.39 Å². The van der Waals surface area contributed by atoms with E-state index in [9.17, 15) is 9.18 Å². The van der Waals surface area contributed by atoms with Crippen LogP contribution in [0.2, 0.25) is 0 Å². The summed E-state index contributed by atoms with van der Waals surface area (Å²) in [5, 5.41) is 3.26. The summed E-state index contributed by atoms with van der Waals surface area (Å²) in [4.78, 5) is 12.4. The van der Waals surface area contributed by atoms with Crippen molar-refractivity contribution < 1.29 is 13.9 Å². The second kappa shape index (κ2) is 5.70. The molecule has 1 heterocycles. The fourth-order valence-corrected chi connectivity index (χ4v) is 2.51. The van der Waals surface area contributed by atoms with Crippen LogP contribution in [-0.4, -0.2) is 26.0 Å². The lowest BCUT2D eigenvalue weighted by Crippen LogP contribution is -2.44. The standard InChI is InChI=1S/C15H20FNO2/c1-15(6-3-7-17-10-15)14(18)9-11-4-5-13(19-2)12(16)8-11/h4-5,8,17H,3,6-7,9-10H2,1-2H3. The summed E-state index contributed by atoms with van der Waals surface area (Å²) in [7, 11) is 1.43. The van der Waals surface area contributed by atoms with E-state index in [1.807, 2.05) is 6.92 Å². The van der Waals surface area contributed by atoms with E-state index >= 15 is 0 Å². The Kier molecular flexibility index (Phi) is 4.20. The van der Waals surface area contributed by atoms with E-state index in [4.69, 9.17) is 4.74 Å². The molecule has 1 saturated heterocycles. The molecule has 0 amide bonds. The lowest BCUT2D eigenvalue weighted by atomic mass is 9.77. The van der Waals surface area contributed by atoms with Crippen LogP contribution in [0.3, 0.4) is 0 Å². The number of methoxy groups -OCH3 is 1. The molecule has 0 radical (unpaired) electrons. The van der Waals surface area contributed by atoms with Gasteiger partial charge in [0.1, 0.15) is 5.78 Å². The van der Waals surface area contributed by atoms with Crippen molar-refractivity contribution in [1.29, 1.82) is 0 Å². The van der Waals surface area contributed by atoms with Gasteiger partial charge in [0.15, 0.2) is 11.6 Å². The van der Waals surface area contributed by atoms with E-state index < -0.39 is 5.82 Å². The van der Waals surface area contributed by atoms with Crippen LogP contribution in [0.1, 0.15) is 25.3 Å². The second-order valence-corrected chi connectivity index (χ2v) is 5.41. The minimum Gasteiger partial charge on any atom is -0.494 e. The number of carbonyl (C=O) groups excluding carboxylic acids is 1.